The van der Waals surface area contributed by atoms with Crippen molar-refractivity contribution < 1.29 is 18.3 Å². The van der Waals surface area contributed by atoms with E-state index in [4.69, 9.17) is 0 Å². The maximum absolute atomic E-state index is 12.7. The molecule has 0 spiro atoms. The van der Waals surface area contributed by atoms with E-state index >= 15 is 0 Å². The zero-order valence-electron chi connectivity index (χ0n) is 21.0. The van der Waals surface area contributed by atoms with Gasteiger partial charge in [-0.2, -0.15) is 22.4 Å². The number of aromatic amines is 1. The zero-order valence-corrected chi connectivity index (χ0v) is 21.8. The summed E-state index contributed by atoms with van der Waals surface area (Å²) in [7, 11) is -1.43. The Morgan fingerprint density at radius 3 is 2.59 bits per heavy atom. The van der Waals surface area contributed by atoms with Crippen LogP contribution in [0.3, 0.4) is 0 Å². The number of anilines is 2. The van der Waals surface area contributed by atoms with Crippen LogP contribution in [0.15, 0.2) is 35.3 Å². The number of hydrogen-bond donors (Lipinski definition) is 4. The number of carboxylic acid groups (broad SMARTS) is 1. The summed E-state index contributed by atoms with van der Waals surface area (Å²) in [5, 5.41) is 12.9. The van der Waals surface area contributed by atoms with E-state index in [1.165, 1.54) is 20.3 Å². The van der Waals surface area contributed by atoms with Crippen LogP contribution in [-0.2, 0) is 21.5 Å². The number of nitrogens with zero attached hydrogens (tertiary/aromatic N) is 5. The van der Waals surface area contributed by atoms with Crippen molar-refractivity contribution >= 4 is 39.0 Å². The van der Waals surface area contributed by atoms with E-state index in [2.05, 4.69) is 29.9 Å². The van der Waals surface area contributed by atoms with Gasteiger partial charge in [0.25, 0.3) is 10.2 Å². The Hall–Kier alpha value is -3.49. The number of aryl methyl sites for hydroxylation is 1. The van der Waals surface area contributed by atoms with E-state index in [1.807, 2.05) is 24.3 Å². The number of imidazole rings is 1. The number of H-pyrrole nitrogens is 1. The van der Waals surface area contributed by atoms with E-state index in [9.17, 15) is 23.1 Å². The number of aliphatic carboxylic acids is 1. The lowest BCUT2D eigenvalue weighted by Crippen LogP contribution is -2.49. The Bertz CT molecular complexity index is 1390. The van der Waals surface area contributed by atoms with Crippen LogP contribution in [0.5, 0.6) is 0 Å². The summed E-state index contributed by atoms with van der Waals surface area (Å²) in [4.78, 5) is 38.4. The average molecular weight is 533 g/mol. The highest BCUT2D eigenvalue weighted by Crippen LogP contribution is 2.24. The summed E-state index contributed by atoms with van der Waals surface area (Å²) in [6.07, 6.45) is 3.34. The van der Waals surface area contributed by atoms with Crippen LogP contribution in [0, 0.1) is 12.8 Å². The van der Waals surface area contributed by atoms with Crippen LogP contribution in [0.2, 0.25) is 0 Å². The number of piperidine rings is 1. The number of nitrogens with one attached hydrogen (secondary N) is 3. The van der Waals surface area contributed by atoms with E-state index in [-0.39, 0.29) is 6.54 Å². The second-order valence-corrected chi connectivity index (χ2v) is 11.3. The predicted molar refractivity (Wildman–Crippen MR) is 140 cm³/mol. The van der Waals surface area contributed by atoms with Gasteiger partial charge in [0.1, 0.15) is 11.9 Å². The summed E-state index contributed by atoms with van der Waals surface area (Å²) in [6.45, 7) is 3.65. The smallest absolute Gasteiger partial charge is 0.349 e. The van der Waals surface area contributed by atoms with Gasteiger partial charge in [0.15, 0.2) is 0 Å². The maximum atomic E-state index is 12.7. The Morgan fingerprint density at radius 1 is 1.24 bits per heavy atom. The van der Waals surface area contributed by atoms with Crippen molar-refractivity contribution in [2.24, 2.45) is 5.92 Å². The number of carbonyl (C=O) groups is 1. The molecule has 1 aliphatic heterocycles. The fourth-order valence-electron chi connectivity index (χ4n) is 4.31. The third-order valence-electron chi connectivity index (χ3n) is 6.46. The Kier molecular flexibility index (Phi) is 7.80. The minimum atomic E-state index is -4.00. The fourth-order valence-corrected chi connectivity index (χ4v) is 5.06. The highest BCUT2D eigenvalue weighted by molar-refractivity contribution is 7.87. The number of rotatable bonds is 10. The summed E-state index contributed by atoms with van der Waals surface area (Å²) >= 11 is 0. The SMILES string of the molecule is Cc1cn(C[C@H](NS(=O)(=O)N(C)C)C(=O)O)c(=O)nc1N1CCC(CNc2nc3ccccc3[nH]2)CC1. The molecule has 200 valence electrons. The first-order chi connectivity index (χ1) is 17.5. The molecule has 2 aromatic heterocycles. The van der Waals surface area contributed by atoms with Crippen LogP contribution < -0.4 is 20.6 Å². The van der Waals surface area contributed by atoms with Gasteiger partial charge in [-0.1, -0.05) is 12.1 Å². The molecule has 13 nitrogen and oxygen atoms in total. The molecule has 0 aliphatic carbocycles. The molecule has 14 heteroatoms. The highest BCUT2D eigenvalue weighted by atomic mass is 32.2. The van der Waals surface area contributed by atoms with Crippen molar-refractivity contribution in [1.29, 1.82) is 0 Å². The van der Waals surface area contributed by atoms with Gasteiger partial charge in [-0.15, -0.1) is 0 Å². The van der Waals surface area contributed by atoms with Crippen LogP contribution >= 0.6 is 0 Å². The van der Waals surface area contributed by atoms with Crippen LogP contribution in [-0.4, -0.2) is 83.1 Å². The predicted octanol–water partition coefficient (Wildman–Crippen LogP) is 0.606. The van der Waals surface area contributed by atoms with Crippen molar-refractivity contribution in [2.75, 3.05) is 43.9 Å². The quantitative estimate of drug-likeness (QED) is 0.293. The molecule has 0 amide bonds. The zero-order chi connectivity index (χ0) is 26.7. The van der Waals surface area contributed by atoms with Crippen molar-refractivity contribution in [3.05, 3.63) is 46.5 Å². The maximum Gasteiger partial charge on any atom is 0.349 e. The van der Waals surface area contributed by atoms with Crippen LogP contribution in [0.25, 0.3) is 11.0 Å². The van der Waals surface area contributed by atoms with Gasteiger partial charge < -0.3 is 20.3 Å². The minimum Gasteiger partial charge on any atom is -0.480 e. The van der Waals surface area contributed by atoms with E-state index in [0.29, 0.717) is 17.3 Å². The third kappa shape index (κ3) is 6.26. The largest absolute Gasteiger partial charge is 0.480 e. The number of hydrogen-bond acceptors (Lipinski definition) is 8. The molecule has 0 radical (unpaired) electrons. The fraction of sp³-hybridized carbons (Fsp3) is 0.478. The van der Waals surface area contributed by atoms with Gasteiger partial charge in [0, 0.05) is 45.5 Å². The standard InChI is InChI=1S/C23H32N8O5S/c1-15-13-31(14-19(21(32)33)28-37(35,36)29(2)3)23(34)27-20(15)30-10-8-16(9-11-30)12-24-22-25-17-6-4-5-7-18(17)26-22/h4-7,13,16,19,28H,8-12,14H2,1-3H3,(H,32,33)(H2,24,25,26)/t19-/m0/s1. The molecule has 4 rings (SSSR count). The second-order valence-electron chi connectivity index (χ2n) is 9.39. The van der Waals surface area contributed by atoms with Crippen molar-refractivity contribution in [3.8, 4) is 0 Å². The molecular formula is C23H32N8O5S. The summed E-state index contributed by atoms with van der Waals surface area (Å²) in [5.41, 5.74) is 1.98. The monoisotopic (exact) mass is 532 g/mol. The molecule has 1 fully saturated rings. The lowest BCUT2D eigenvalue weighted by Gasteiger charge is -2.33. The molecule has 1 atom stereocenters. The molecule has 3 heterocycles. The van der Waals surface area contributed by atoms with Gasteiger partial charge in [-0.25, -0.2) is 9.78 Å². The van der Waals surface area contributed by atoms with Gasteiger partial charge in [0.2, 0.25) is 5.95 Å². The second kappa shape index (κ2) is 10.9. The topological polar surface area (TPSA) is 166 Å². The Morgan fingerprint density at radius 2 is 1.95 bits per heavy atom. The number of benzene rings is 1. The molecule has 37 heavy (non-hydrogen) atoms. The highest BCUT2D eigenvalue weighted by Gasteiger charge is 2.27. The van der Waals surface area contributed by atoms with E-state index in [0.717, 1.165) is 58.3 Å². The van der Waals surface area contributed by atoms with Crippen molar-refractivity contribution in [1.82, 2.24) is 28.5 Å². The molecule has 1 aromatic carbocycles. The number of aromatic nitrogens is 4. The minimum absolute atomic E-state index is 0.384. The first-order valence-corrected chi connectivity index (χ1v) is 13.4. The normalized spacial score (nSPS) is 15.8. The third-order valence-corrected chi connectivity index (χ3v) is 8.00. The summed E-state index contributed by atoms with van der Waals surface area (Å²) in [6, 6.07) is 6.34. The summed E-state index contributed by atoms with van der Waals surface area (Å²) < 4.78 is 28.2. The van der Waals surface area contributed by atoms with Crippen LogP contribution in [0.4, 0.5) is 11.8 Å². The average Bonchev–Trinajstić information content (AvgIpc) is 3.27. The molecule has 0 bridgehead atoms. The van der Waals surface area contributed by atoms with E-state index in [1.54, 1.807) is 6.92 Å². The van der Waals surface area contributed by atoms with Crippen molar-refractivity contribution in [3.63, 3.8) is 0 Å². The van der Waals surface area contributed by atoms with E-state index < -0.39 is 27.9 Å². The van der Waals surface area contributed by atoms with Gasteiger partial charge >= 0.3 is 11.7 Å². The van der Waals surface area contributed by atoms with Gasteiger partial charge in [-0.05, 0) is 37.8 Å². The molecule has 3 aromatic rings. The molecular weight excluding hydrogens is 500 g/mol. The Labute approximate surface area is 214 Å². The lowest BCUT2D eigenvalue weighted by atomic mass is 9.96. The van der Waals surface area contributed by atoms with Crippen LogP contribution in [0.1, 0.15) is 18.4 Å². The molecule has 0 unspecified atom stereocenters. The van der Waals surface area contributed by atoms with Gasteiger partial charge in [0.05, 0.1) is 17.6 Å². The summed E-state index contributed by atoms with van der Waals surface area (Å²) in [5.74, 6) is 0.353. The molecule has 1 saturated heterocycles. The number of fused-ring (bicyclic) bond motifs is 1. The Balaban J connectivity index is 1.36. The number of para-hydroxylation sites is 2. The first-order valence-electron chi connectivity index (χ1n) is 12.0. The molecule has 1 aliphatic rings. The lowest BCUT2D eigenvalue weighted by molar-refractivity contribution is -0.139. The molecule has 0 saturated carbocycles. The number of carboxylic acids is 1. The van der Waals surface area contributed by atoms with Gasteiger partial charge in [-0.3, -0.25) is 9.36 Å². The first kappa shape index (κ1) is 26.6. The molecule has 4 N–H and O–H groups in total. The van der Waals surface area contributed by atoms with Crippen molar-refractivity contribution in [2.45, 2.75) is 32.4 Å².